The number of nitrogens with zero attached hydrogens (tertiary/aromatic N) is 6. The molecular weight excluding hydrogens is 436 g/mol. The van der Waals surface area contributed by atoms with Gasteiger partial charge < -0.3 is 14.9 Å². The van der Waals surface area contributed by atoms with E-state index < -0.39 is 10.8 Å². The molecule has 10 heteroatoms. The molecule has 4 heterocycles. The van der Waals surface area contributed by atoms with Gasteiger partial charge in [-0.1, -0.05) is 11.6 Å². The Morgan fingerprint density at radius 2 is 1.90 bits per heavy atom. The molecule has 0 amide bonds. The topological polar surface area (TPSA) is 95.3 Å². The fourth-order valence-electron chi connectivity index (χ4n) is 5.67. The van der Waals surface area contributed by atoms with E-state index in [-0.39, 0.29) is 17.6 Å². The molecular formula is C21H25ClN6O2S. The second kappa shape index (κ2) is 7.08. The molecule has 0 radical (unpaired) electrons. The third kappa shape index (κ3) is 3.08. The van der Waals surface area contributed by atoms with Crippen LogP contribution in [0.2, 0.25) is 5.02 Å². The van der Waals surface area contributed by atoms with Crippen LogP contribution in [0, 0.1) is 5.41 Å². The molecule has 2 aromatic rings. The zero-order valence-corrected chi connectivity index (χ0v) is 18.8. The standard InChI is InChI=1S/C21H25ClN6O2S/c22-15-8-23-17(24-9-15)14-6-20(7-14)11-27(12-20)19-25-10-16-18(26-19)28(4-5-31(16)30)21(13-29)2-1-3-21/h8-10,14,29H,1-7,11-13H2/t31-/m0/s1. The second-order valence-corrected chi connectivity index (χ2v) is 11.5. The van der Waals surface area contributed by atoms with Crippen molar-refractivity contribution in [2.75, 3.05) is 41.8 Å². The lowest BCUT2D eigenvalue weighted by molar-refractivity contribution is 0.0582. The molecule has 0 aromatic carbocycles. The largest absolute Gasteiger partial charge is 0.394 e. The first-order valence-corrected chi connectivity index (χ1v) is 12.6. The van der Waals surface area contributed by atoms with E-state index in [4.69, 9.17) is 16.6 Å². The van der Waals surface area contributed by atoms with Crippen molar-refractivity contribution < 1.29 is 9.32 Å². The minimum absolute atomic E-state index is 0.111. The summed E-state index contributed by atoms with van der Waals surface area (Å²) in [5.41, 5.74) is 0.0384. The maximum atomic E-state index is 12.6. The molecule has 0 bridgehead atoms. The molecule has 2 saturated carbocycles. The Bertz CT molecular complexity index is 1030. The van der Waals surface area contributed by atoms with Gasteiger partial charge in [-0.15, -0.1) is 0 Å². The molecule has 31 heavy (non-hydrogen) atoms. The lowest BCUT2D eigenvalue weighted by Crippen LogP contribution is -2.62. The quantitative estimate of drug-likeness (QED) is 0.741. The number of halogens is 1. The van der Waals surface area contributed by atoms with Gasteiger partial charge in [0.25, 0.3) is 0 Å². The van der Waals surface area contributed by atoms with Gasteiger partial charge in [-0.2, -0.15) is 4.98 Å². The monoisotopic (exact) mass is 460 g/mol. The van der Waals surface area contributed by atoms with Crippen molar-refractivity contribution in [2.45, 2.75) is 48.5 Å². The predicted octanol–water partition coefficient (Wildman–Crippen LogP) is 2.15. The Hall–Kier alpha value is -1.84. The molecule has 2 aromatic heterocycles. The van der Waals surface area contributed by atoms with Gasteiger partial charge in [0.2, 0.25) is 5.95 Å². The van der Waals surface area contributed by atoms with Crippen LogP contribution in [0.3, 0.4) is 0 Å². The predicted molar refractivity (Wildman–Crippen MR) is 118 cm³/mol. The molecule has 8 nitrogen and oxygen atoms in total. The molecule has 6 rings (SSSR count). The summed E-state index contributed by atoms with van der Waals surface area (Å²) in [6.45, 7) is 2.62. The number of hydrogen-bond donors (Lipinski definition) is 1. The van der Waals surface area contributed by atoms with Crippen molar-refractivity contribution in [1.29, 1.82) is 0 Å². The van der Waals surface area contributed by atoms with Gasteiger partial charge in [-0.3, -0.25) is 4.21 Å². The fraction of sp³-hybridized carbons (Fsp3) is 0.619. The highest BCUT2D eigenvalue weighted by atomic mass is 35.5. The van der Waals surface area contributed by atoms with E-state index in [1.165, 1.54) is 0 Å². The van der Waals surface area contributed by atoms with Crippen LogP contribution in [0.5, 0.6) is 0 Å². The van der Waals surface area contributed by atoms with Crippen molar-refractivity contribution in [2.24, 2.45) is 5.41 Å². The Balaban J connectivity index is 1.18. The highest BCUT2D eigenvalue weighted by Crippen LogP contribution is 2.56. The molecule has 1 N–H and O–H groups in total. The van der Waals surface area contributed by atoms with Gasteiger partial charge >= 0.3 is 0 Å². The van der Waals surface area contributed by atoms with Crippen LogP contribution >= 0.6 is 11.6 Å². The molecule has 0 unspecified atom stereocenters. The highest BCUT2D eigenvalue weighted by Gasteiger charge is 2.54. The van der Waals surface area contributed by atoms with Gasteiger partial charge in [0.05, 0.1) is 39.1 Å². The summed E-state index contributed by atoms with van der Waals surface area (Å²) in [5, 5.41) is 10.6. The van der Waals surface area contributed by atoms with E-state index in [2.05, 4.69) is 24.8 Å². The first kappa shape index (κ1) is 19.8. The van der Waals surface area contributed by atoms with Gasteiger partial charge in [0.15, 0.2) is 5.82 Å². The van der Waals surface area contributed by atoms with Crippen molar-refractivity contribution in [3.63, 3.8) is 0 Å². The van der Waals surface area contributed by atoms with Crippen molar-refractivity contribution in [3.05, 3.63) is 29.4 Å². The minimum Gasteiger partial charge on any atom is -0.394 e. The van der Waals surface area contributed by atoms with Crippen LogP contribution in [-0.2, 0) is 10.8 Å². The molecule has 2 aliphatic carbocycles. The Morgan fingerprint density at radius 3 is 2.55 bits per heavy atom. The Morgan fingerprint density at radius 1 is 1.16 bits per heavy atom. The zero-order chi connectivity index (χ0) is 21.2. The normalized spacial score (nSPS) is 26.1. The SMILES string of the molecule is O=[S@]1CCN(C2(CO)CCC2)c2nc(N3CC4(CC(c5ncc(Cl)cn5)C4)C3)ncc21. The van der Waals surface area contributed by atoms with E-state index in [1.54, 1.807) is 18.6 Å². The average molecular weight is 461 g/mol. The molecule has 164 valence electrons. The maximum absolute atomic E-state index is 12.6. The van der Waals surface area contributed by atoms with Crippen LogP contribution in [0.25, 0.3) is 0 Å². The van der Waals surface area contributed by atoms with Crippen LogP contribution in [-0.4, -0.2) is 66.8 Å². The van der Waals surface area contributed by atoms with Gasteiger partial charge in [0, 0.05) is 49.1 Å². The first-order chi connectivity index (χ1) is 15.0. The van der Waals surface area contributed by atoms with Gasteiger partial charge in [-0.25, -0.2) is 15.0 Å². The molecule has 2 aliphatic heterocycles. The minimum atomic E-state index is -1.08. The number of hydrogen-bond acceptors (Lipinski definition) is 8. The summed E-state index contributed by atoms with van der Waals surface area (Å²) >= 11 is 5.90. The van der Waals surface area contributed by atoms with Crippen LogP contribution in [0.15, 0.2) is 23.5 Å². The highest BCUT2D eigenvalue weighted by molar-refractivity contribution is 7.85. The summed E-state index contributed by atoms with van der Waals surface area (Å²) in [7, 11) is -1.08. The van der Waals surface area contributed by atoms with E-state index in [9.17, 15) is 9.32 Å². The Labute approximate surface area is 188 Å². The number of aliphatic hydroxyl groups is 1. The van der Waals surface area contributed by atoms with Crippen molar-refractivity contribution in [3.8, 4) is 0 Å². The van der Waals surface area contributed by atoms with E-state index in [0.29, 0.717) is 34.1 Å². The third-order valence-electron chi connectivity index (χ3n) is 7.58. The Kier molecular flexibility index (Phi) is 4.53. The molecule has 1 spiro atoms. The van der Waals surface area contributed by atoms with Crippen molar-refractivity contribution >= 4 is 34.2 Å². The second-order valence-electron chi connectivity index (χ2n) is 9.52. The van der Waals surface area contributed by atoms with Crippen LogP contribution < -0.4 is 9.80 Å². The summed E-state index contributed by atoms with van der Waals surface area (Å²) in [5.74, 6) is 3.30. The number of fused-ring (bicyclic) bond motifs is 1. The summed E-state index contributed by atoms with van der Waals surface area (Å²) in [6.07, 6.45) is 10.2. The summed E-state index contributed by atoms with van der Waals surface area (Å²) in [4.78, 5) is 23.3. The lowest BCUT2D eigenvalue weighted by atomic mass is 9.57. The zero-order valence-electron chi connectivity index (χ0n) is 17.2. The molecule has 1 saturated heterocycles. The summed E-state index contributed by atoms with van der Waals surface area (Å²) < 4.78 is 12.6. The number of aliphatic hydroxyl groups excluding tert-OH is 1. The van der Waals surface area contributed by atoms with E-state index in [1.807, 2.05) is 0 Å². The van der Waals surface area contributed by atoms with Crippen molar-refractivity contribution in [1.82, 2.24) is 19.9 Å². The molecule has 3 fully saturated rings. The smallest absolute Gasteiger partial charge is 0.227 e. The van der Waals surface area contributed by atoms with Crippen LogP contribution in [0.1, 0.15) is 43.8 Å². The lowest BCUT2D eigenvalue weighted by Gasteiger charge is -2.58. The molecule has 4 aliphatic rings. The third-order valence-corrected chi connectivity index (χ3v) is 9.10. The van der Waals surface area contributed by atoms with E-state index in [0.717, 1.165) is 56.8 Å². The van der Waals surface area contributed by atoms with Gasteiger partial charge in [-0.05, 0) is 32.1 Å². The summed E-state index contributed by atoms with van der Waals surface area (Å²) in [6, 6.07) is 0. The first-order valence-electron chi connectivity index (χ1n) is 10.9. The van der Waals surface area contributed by atoms with Crippen LogP contribution in [0.4, 0.5) is 11.8 Å². The molecule has 1 atom stereocenters. The number of anilines is 2. The maximum Gasteiger partial charge on any atom is 0.227 e. The van der Waals surface area contributed by atoms with E-state index >= 15 is 0 Å². The van der Waals surface area contributed by atoms with Gasteiger partial charge in [0.1, 0.15) is 5.82 Å². The average Bonchev–Trinajstić information content (AvgIpc) is 2.68. The fourth-order valence-corrected chi connectivity index (χ4v) is 6.87. The number of aromatic nitrogens is 4. The number of rotatable bonds is 4.